The summed E-state index contributed by atoms with van der Waals surface area (Å²) in [6, 6.07) is 12.3. The highest BCUT2D eigenvalue weighted by molar-refractivity contribution is 7.91. The molecule has 0 aliphatic heterocycles. The minimum atomic E-state index is -3.60. The lowest BCUT2D eigenvalue weighted by molar-refractivity contribution is 0.596. The smallest absolute Gasteiger partial charge is 0.206 e. The summed E-state index contributed by atoms with van der Waals surface area (Å²) < 4.78 is 25.1. The van der Waals surface area contributed by atoms with Crippen LogP contribution >= 0.6 is 0 Å². The summed E-state index contributed by atoms with van der Waals surface area (Å²) in [6.07, 6.45) is 2.61. The molecule has 0 spiro atoms. The van der Waals surface area contributed by atoms with Gasteiger partial charge in [-0.15, -0.1) is 0 Å². The third-order valence-electron chi connectivity index (χ3n) is 2.87. The number of aliphatic imine (C=N–C) groups is 2. The van der Waals surface area contributed by atoms with Gasteiger partial charge in [0.25, 0.3) is 0 Å². The normalized spacial score (nSPS) is 11.9. The number of nitrogens with zero attached hydrogens (tertiary/aromatic N) is 2. The second kappa shape index (κ2) is 7.49. The Labute approximate surface area is 133 Å². The Kier molecular flexibility index (Phi) is 5.41. The third kappa shape index (κ3) is 4.13. The van der Waals surface area contributed by atoms with E-state index in [2.05, 4.69) is 20.8 Å². The number of hydrazine groups is 2. The van der Waals surface area contributed by atoms with E-state index in [1.165, 1.54) is 36.9 Å². The summed E-state index contributed by atoms with van der Waals surface area (Å²) in [4.78, 5) is 8.30. The Balaban J connectivity index is 2.27. The lowest BCUT2D eigenvalue weighted by Crippen LogP contribution is -2.18. The number of rotatable bonds is 6. The van der Waals surface area contributed by atoms with Gasteiger partial charge in [0, 0.05) is 0 Å². The molecule has 2 aromatic rings. The van der Waals surface area contributed by atoms with Crippen molar-refractivity contribution in [2.75, 3.05) is 0 Å². The van der Waals surface area contributed by atoms with Gasteiger partial charge in [-0.1, -0.05) is 0 Å². The van der Waals surface area contributed by atoms with Crippen LogP contribution in [0.3, 0.4) is 0 Å². The molecule has 9 heteroatoms. The first kappa shape index (κ1) is 16.6. The first-order chi connectivity index (χ1) is 11.1. The van der Waals surface area contributed by atoms with Gasteiger partial charge in [0.05, 0.1) is 21.2 Å². The van der Waals surface area contributed by atoms with Crippen LogP contribution in [-0.4, -0.2) is 21.1 Å². The Morgan fingerprint density at radius 1 is 0.739 bits per heavy atom. The molecule has 0 saturated heterocycles. The van der Waals surface area contributed by atoms with Crippen molar-refractivity contribution in [1.29, 1.82) is 0 Å². The van der Waals surface area contributed by atoms with Gasteiger partial charge < -0.3 is 10.9 Å². The van der Waals surface area contributed by atoms with Gasteiger partial charge in [-0.25, -0.2) is 30.1 Å². The molecule has 120 valence electrons. The second-order valence-corrected chi connectivity index (χ2v) is 6.29. The molecule has 0 aliphatic rings. The van der Waals surface area contributed by atoms with E-state index < -0.39 is 9.84 Å². The van der Waals surface area contributed by atoms with E-state index in [0.29, 0.717) is 11.4 Å². The predicted octanol–water partition coefficient (Wildman–Crippen LogP) is 0.766. The average molecular weight is 332 g/mol. The fourth-order valence-electron chi connectivity index (χ4n) is 1.78. The third-order valence-corrected chi connectivity index (χ3v) is 4.66. The zero-order valence-electron chi connectivity index (χ0n) is 12.0. The monoisotopic (exact) mass is 332 g/mol. The topological polar surface area (TPSA) is 135 Å². The van der Waals surface area contributed by atoms with Crippen LogP contribution in [0.2, 0.25) is 0 Å². The van der Waals surface area contributed by atoms with Gasteiger partial charge in [-0.2, -0.15) is 0 Å². The standard InChI is InChI=1S/C14H16N6O2S/c15-19-9-17-11-1-5-13(6-2-11)23(21,22)14-7-3-12(4-8-14)18-10-20-16/h1-10H,15-16H2,(H,17,19)(H,18,20). The van der Waals surface area contributed by atoms with Crippen molar-refractivity contribution in [1.82, 2.24) is 10.9 Å². The average Bonchev–Trinajstić information content (AvgIpc) is 2.59. The van der Waals surface area contributed by atoms with E-state index in [0.717, 1.165) is 0 Å². The van der Waals surface area contributed by atoms with Gasteiger partial charge in [0.1, 0.15) is 12.7 Å². The maximum absolute atomic E-state index is 12.5. The van der Waals surface area contributed by atoms with E-state index in [-0.39, 0.29) is 9.79 Å². The van der Waals surface area contributed by atoms with Crippen molar-refractivity contribution in [3.05, 3.63) is 48.5 Å². The Hall–Kier alpha value is -2.75. The molecule has 0 aromatic heterocycles. The van der Waals surface area contributed by atoms with Crippen LogP contribution in [-0.2, 0) is 9.84 Å². The minimum Gasteiger partial charge on any atom is -0.315 e. The fraction of sp³-hybridized carbons (Fsp3) is 0. The molecule has 0 radical (unpaired) electrons. The van der Waals surface area contributed by atoms with E-state index in [4.69, 9.17) is 11.7 Å². The largest absolute Gasteiger partial charge is 0.315 e. The molecule has 8 nitrogen and oxygen atoms in total. The van der Waals surface area contributed by atoms with Gasteiger partial charge in [0.15, 0.2) is 0 Å². The van der Waals surface area contributed by atoms with Crippen molar-refractivity contribution in [2.45, 2.75) is 9.79 Å². The van der Waals surface area contributed by atoms with Crippen LogP contribution in [0.15, 0.2) is 68.3 Å². The zero-order valence-corrected chi connectivity index (χ0v) is 12.9. The Morgan fingerprint density at radius 3 is 1.39 bits per heavy atom. The minimum absolute atomic E-state index is 0.178. The maximum Gasteiger partial charge on any atom is 0.206 e. The molecule has 0 amide bonds. The van der Waals surface area contributed by atoms with Gasteiger partial charge >= 0.3 is 0 Å². The van der Waals surface area contributed by atoms with Crippen LogP contribution in [0, 0.1) is 0 Å². The van der Waals surface area contributed by atoms with Crippen molar-refractivity contribution in [3.63, 3.8) is 0 Å². The Bertz CT molecular complexity index is 735. The molecular weight excluding hydrogens is 316 g/mol. The first-order valence-corrected chi connectivity index (χ1v) is 7.99. The van der Waals surface area contributed by atoms with E-state index in [1.807, 2.05) is 0 Å². The van der Waals surface area contributed by atoms with E-state index >= 15 is 0 Å². The van der Waals surface area contributed by atoms with E-state index in [1.54, 1.807) is 24.3 Å². The quantitative estimate of drug-likeness (QED) is 0.267. The number of nitrogens with two attached hydrogens (primary N) is 2. The van der Waals surface area contributed by atoms with Crippen LogP contribution < -0.4 is 22.5 Å². The molecule has 0 bridgehead atoms. The van der Waals surface area contributed by atoms with Crippen LogP contribution in [0.1, 0.15) is 0 Å². The number of benzene rings is 2. The molecule has 0 atom stereocenters. The maximum atomic E-state index is 12.5. The summed E-state index contributed by atoms with van der Waals surface area (Å²) in [5.41, 5.74) is 5.71. The lowest BCUT2D eigenvalue weighted by atomic mass is 10.3. The second-order valence-electron chi connectivity index (χ2n) is 4.34. The number of hydrogen-bond acceptors (Lipinski definition) is 6. The summed E-state index contributed by atoms with van der Waals surface area (Å²) in [7, 11) is -3.60. The summed E-state index contributed by atoms with van der Waals surface area (Å²) in [6.45, 7) is 0. The highest BCUT2D eigenvalue weighted by Crippen LogP contribution is 2.24. The van der Waals surface area contributed by atoms with Crippen LogP contribution in [0.5, 0.6) is 0 Å². The van der Waals surface area contributed by atoms with Crippen LogP contribution in [0.4, 0.5) is 11.4 Å². The number of nitrogens with one attached hydrogen (secondary N) is 2. The molecule has 0 aliphatic carbocycles. The zero-order chi connectivity index (χ0) is 16.7. The van der Waals surface area contributed by atoms with Crippen molar-refractivity contribution in [2.24, 2.45) is 21.7 Å². The Morgan fingerprint density at radius 2 is 1.09 bits per heavy atom. The molecule has 0 saturated carbocycles. The highest BCUT2D eigenvalue weighted by atomic mass is 32.2. The predicted molar refractivity (Wildman–Crippen MR) is 89.3 cm³/mol. The number of sulfone groups is 1. The molecule has 0 unspecified atom stereocenters. The van der Waals surface area contributed by atoms with Crippen LogP contribution in [0.25, 0.3) is 0 Å². The fourth-order valence-corrected chi connectivity index (χ4v) is 3.04. The first-order valence-electron chi connectivity index (χ1n) is 6.50. The molecule has 0 heterocycles. The lowest BCUT2D eigenvalue weighted by Gasteiger charge is -2.05. The molecule has 2 rings (SSSR count). The van der Waals surface area contributed by atoms with Gasteiger partial charge in [-0.3, -0.25) is 0 Å². The van der Waals surface area contributed by atoms with Gasteiger partial charge in [0.2, 0.25) is 9.84 Å². The molecule has 0 fully saturated rings. The van der Waals surface area contributed by atoms with Crippen molar-refractivity contribution >= 4 is 33.9 Å². The summed E-state index contributed by atoms with van der Waals surface area (Å²) in [5.74, 6) is 10.2. The molecule has 23 heavy (non-hydrogen) atoms. The van der Waals surface area contributed by atoms with Gasteiger partial charge in [-0.05, 0) is 48.5 Å². The number of hydrogen-bond donors (Lipinski definition) is 4. The molecular formula is C14H16N6O2S. The summed E-state index contributed by atoms with van der Waals surface area (Å²) >= 11 is 0. The van der Waals surface area contributed by atoms with Crippen molar-refractivity contribution < 1.29 is 8.42 Å². The molecule has 6 N–H and O–H groups in total. The highest BCUT2D eigenvalue weighted by Gasteiger charge is 2.17. The molecule has 2 aromatic carbocycles. The van der Waals surface area contributed by atoms with Crippen molar-refractivity contribution in [3.8, 4) is 0 Å². The van der Waals surface area contributed by atoms with E-state index in [9.17, 15) is 8.42 Å². The summed E-state index contributed by atoms with van der Waals surface area (Å²) in [5, 5.41) is 0. The SMILES string of the molecule is NNC=Nc1ccc(S(=O)(=O)c2ccc(N=CNN)cc2)cc1.